The number of aromatic nitrogens is 3. The molecule has 1 unspecified atom stereocenters. The van der Waals surface area contributed by atoms with Gasteiger partial charge in [0.05, 0.1) is 24.1 Å². The lowest BCUT2D eigenvalue weighted by molar-refractivity contribution is 0.0802. The number of H-pyrrole nitrogens is 1. The minimum absolute atomic E-state index is 0.00404. The van der Waals surface area contributed by atoms with E-state index in [1.54, 1.807) is 54.1 Å². The Morgan fingerprint density at radius 3 is 2.38 bits per heavy atom. The molecule has 7 N–H and O–H groups in total. The molecule has 0 radical (unpaired) electrons. The normalized spacial score (nSPS) is 11.9. The number of phenolic OH excluding ortho intramolecular Hbond substituents is 1. The molecule has 0 aliphatic heterocycles. The van der Waals surface area contributed by atoms with Gasteiger partial charge in [0.15, 0.2) is 5.75 Å². The van der Waals surface area contributed by atoms with Gasteiger partial charge in [-0.2, -0.15) is 5.10 Å². The zero-order valence-electron chi connectivity index (χ0n) is 30.1. The summed E-state index contributed by atoms with van der Waals surface area (Å²) >= 11 is 6.57. The minimum Gasteiger partial charge on any atom is -0.508 e. The number of hydrogen-bond donors (Lipinski definition) is 7. The Morgan fingerprint density at radius 1 is 1.00 bits per heavy atom. The summed E-state index contributed by atoms with van der Waals surface area (Å²) in [6.07, 6.45) is -1.10. The van der Waals surface area contributed by atoms with Gasteiger partial charge in [0, 0.05) is 41.4 Å². The lowest BCUT2D eigenvalue weighted by Crippen LogP contribution is -2.33. The molecule has 13 nitrogen and oxygen atoms in total. The van der Waals surface area contributed by atoms with E-state index in [1.807, 2.05) is 58.0 Å². The lowest BCUT2D eigenvalue weighted by Gasteiger charge is -2.19. The number of carbonyl (C=O) groups excluding carboxylic acids is 2. The summed E-state index contributed by atoms with van der Waals surface area (Å²) in [5.41, 5.74) is 4.70. The SMILES string of the molecule is Cc1ccc(C(=O)NCC(O)CO)cc1-c1c(C)[nH]c(=O)c(Cl)c1OCc1ccccc1CNC(=O)Nc1cc(C(C)(C)C)nn1-c1ccc(O)cc1. The molecule has 0 saturated heterocycles. The Balaban J connectivity index is 1.36. The van der Waals surface area contributed by atoms with E-state index in [0.717, 1.165) is 22.4 Å². The number of amides is 3. The molecule has 2 heterocycles. The number of aryl methyl sites for hydroxylation is 2. The minimum atomic E-state index is -1.10. The topological polar surface area (TPSA) is 191 Å². The van der Waals surface area contributed by atoms with Crippen LogP contribution in [0.4, 0.5) is 10.6 Å². The largest absolute Gasteiger partial charge is 0.508 e. The van der Waals surface area contributed by atoms with Gasteiger partial charge in [-0.25, -0.2) is 9.48 Å². The molecule has 14 heteroatoms. The molecule has 3 aromatic carbocycles. The first-order chi connectivity index (χ1) is 25.2. The van der Waals surface area contributed by atoms with E-state index in [1.165, 1.54) is 0 Å². The highest BCUT2D eigenvalue weighted by Gasteiger charge is 2.23. The average molecular weight is 743 g/mol. The van der Waals surface area contributed by atoms with Gasteiger partial charge in [-0.1, -0.05) is 62.7 Å². The van der Waals surface area contributed by atoms with Crippen molar-refractivity contribution in [3.8, 4) is 28.3 Å². The van der Waals surface area contributed by atoms with Crippen LogP contribution in [0.1, 0.15) is 59.2 Å². The highest BCUT2D eigenvalue weighted by Crippen LogP contribution is 2.39. The first-order valence-electron chi connectivity index (χ1n) is 16.9. The van der Waals surface area contributed by atoms with Gasteiger partial charge in [-0.05, 0) is 72.5 Å². The maximum Gasteiger partial charge on any atom is 0.320 e. The van der Waals surface area contributed by atoms with E-state index in [4.69, 9.17) is 26.5 Å². The number of carbonyl (C=O) groups is 2. The molecule has 278 valence electrons. The van der Waals surface area contributed by atoms with Crippen molar-refractivity contribution in [2.24, 2.45) is 0 Å². The number of aliphatic hydroxyl groups excluding tert-OH is 2. The number of nitrogens with one attached hydrogen (secondary N) is 4. The van der Waals surface area contributed by atoms with Gasteiger partial charge in [0.2, 0.25) is 0 Å². The number of halogens is 1. The van der Waals surface area contributed by atoms with Crippen molar-refractivity contribution in [2.45, 2.75) is 59.3 Å². The molecule has 0 saturated carbocycles. The fraction of sp³-hybridized carbons (Fsp3) is 0.282. The van der Waals surface area contributed by atoms with Crippen molar-refractivity contribution in [1.29, 1.82) is 0 Å². The number of aromatic hydroxyl groups is 1. The van der Waals surface area contributed by atoms with Crippen molar-refractivity contribution < 1.29 is 29.6 Å². The Labute approximate surface area is 311 Å². The Hall–Kier alpha value is -5.63. The summed E-state index contributed by atoms with van der Waals surface area (Å²) in [5.74, 6) is 0.226. The van der Waals surface area contributed by atoms with Crippen LogP contribution in [0.2, 0.25) is 5.02 Å². The van der Waals surface area contributed by atoms with Crippen LogP contribution in [0.15, 0.2) is 77.6 Å². The number of phenols is 1. The third-order valence-electron chi connectivity index (χ3n) is 8.52. The molecule has 0 fully saturated rings. The van der Waals surface area contributed by atoms with E-state index in [0.29, 0.717) is 33.9 Å². The fourth-order valence-corrected chi connectivity index (χ4v) is 5.72. The van der Waals surface area contributed by atoms with Crippen LogP contribution in [-0.4, -0.2) is 61.3 Å². The van der Waals surface area contributed by atoms with Crippen molar-refractivity contribution in [1.82, 2.24) is 25.4 Å². The summed E-state index contributed by atoms with van der Waals surface area (Å²) in [6, 6.07) is 20.2. The van der Waals surface area contributed by atoms with Crippen molar-refractivity contribution in [2.75, 3.05) is 18.5 Å². The van der Waals surface area contributed by atoms with Crippen LogP contribution in [0, 0.1) is 13.8 Å². The molecule has 1 atom stereocenters. The predicted octanol–water partition coefficient (Wildman–Crippen LogP) is 5.48. The van der Waals surface area contributed by atoms with E-state index >= 15 is 0 Å². The maximum atomic E-state index is 13.2. The fourth-order valence-electron chi connectivity index (χ4n) is 5.52. The quantitative estimate of drug-likeness (QED) is 0.0874. The van der Waals surface area contributed by atoms with E-state index in [2.05, 4.69) is 20.9 Å². The number of anilines is 1. The first kappa shape index (κ1) is 38.6. The molecular formula is C39H43ClN6O7. The average Bonchev–Trinajstić information content (AvgIpc) is 3.55. The van der Waals surface area contributed by atoms with Crippen LogP contribution in [0.5, 0.6) is 11.5 Å². The van der Waals surface area contributed by atoms with Gasteiger partial charge in [0.25, 0.3) is 11.5 Å². The monoisotopic (exact) mass is 742 g/mol. The predicted molar refractivity (Wildman–Crippen MR) is 203 cm³/mol. The van der Waals surface area contributed by atoms with Crippen LogP contribution in [0.3, 0.4) is 0 Å². The number of urea groups is 1. The number of hydrogen-bond acceptors (Lipinski definition) is 8. The zero-order valence-corrected chi connectivity index (χ0v) is 30.8. The van der Waals surface area contributed by atoms with E-state index < -0.39 is 30.2 Å². The van der Waals surface area contributed by atoms with Crippen LogP contribution in [0.25, 0.3) is 16.8 Å². The van der Waals surface area contributed by atoms with Crippen molar-refractivity contribution in [3.05, 3.63) is 122 Å². The number of rotatable bonds is 12. The molecule has 0 bridgehead atoms. The van der Waals surface area contributed by atoms with Gasteiger partial charge < -0.3 is 35.7 Å². The number of pyridine rings is 1. The summed E-state index contributed by atoms with van der Waals surface area (Å²) in [6.45, 7) is 9.14. The molecule has 53 heavy (non-hydrogen) atoms. The summed E-state index contributed by atoms with van der Waals surface area (Å²) < 4.78 is 7.91. The summed E-state index contributed by atoms with van der Waals surface area (Å²) in [7, 11) is 0. The molecule has 2 aromatic heterocycles. The molecule has 5 rings (SSSR count). The van der Waals surface area contributed by atoms with E-state index in [9.17, 15) is 24.6 Å². The van der Waals surface area contributed by atoms with E-state index in [-0.39, 0.29) is 41.6 Å². The number of nitrogens with zero attached hydrogens (tertiary/aromatic N) is 2. The van der Waals surface area contributed by atoms with Gasteiger partial charge in [0.1, 0.15) is 23.2 Å². The Kier molecular flexibility index (Phi) is 11.9. The highest BCUT2D eigenvalue weighted by molar-refractivity contribution is 6.32. The molecule has 3 amide bonds. The molecule has 0 aliphatic carbocycles. The number of aromatic amines is 1. The Morgan fingerprint density at radius 2 is 1.70 bits per heavy atom. The second-order valence-corrected chi connectivity index (χ2v) is 14.0. The number of ether oxygens (including phenoxy) is 1. The second kappa shape index (κ2) is 16.4. The maximum absolute atomic E-state index is 13.2. The molecular weight excluding hydrogens is 700 g/mol. The first-order valence-corrected chi connectivity index (χ1v) is 17.3. The number of aliphatic hydroxyl groups is 2. The van der Waals surface area contributed by atoms with Crippen LogP contribution >= 0.6 is 11.6 Å². The van der Waals surface area contributed by atoms with Crippen LogP contribution < -0.4 is 26.2 Å². The molecule has 0 spiro atoms. The third-order valence-corrected chi connectivity index (χ3v) is 8.87. The van der Waals surface area contributed by atoms with Crippen molar-refractivity contribution >= 4 is 29.4 Å². The van der Waals surface area contributed by atoms with Gasteiger partial charge in [-0.3, -0.25) is 14.9 Å². The van der Waals surface area contributed by atoms with Crippen molar-refractivity contribution in [3.63, 3.8) is 0 Å². The molecule has 0 aliphatic rings. The standard InChI is InChI=1S/C39H43ClN6O7/c1-22-10-11-24(36(50)41-19-29(49)20-47)16-30(22)33-23(2)43-37(51)34(40)35(33)53-21-26-9-7-6-8-25(26)18-42-38(52)44-32-17-31(39(3,4)5)45-46(32)27-12-14-28(48)15-13-27/h6-17,29,47-49H,18-21H2,1-5H3,(H,41,50)(H,43,51)(H2,42,44,52). The zero-order chi connectivity index (χ0) is 38.4. The lowest BCUT2D eigenvalue weighted by atomic mass is 9.92. The summed E-state index contributed by atoms with van der Waals surface area (Å²) in [5, 5.41) is 41.5. The van der Waals surface area contributed by atoms with Gasteiger partial charge >= 0.3 is 6.03 Å². The highest BCUT2D eigenvalue weighted by atomic mass is 35.5. The smallest absolute Gasteiger partial charge is 0.320 e. The van der Waals surface area contributed by atoms with Crippen LogP contribution in [-0.2, 0) is 18.6 Å². The molecule has 5 aromatic rings. The Bertz CT molecular complexity index is 2170. The third kappa shape index (κ3) is 9.24. The van der Waals surface area contributed by atoms with Gasteiger partial charge in [-0.15, -0.1) is 0 Å². The second-order valence-electron chi connectivity index (χ2n) is 13.6. The summed E-state index contributed by atoms with van der Waals surface area (Å²) in [4.78, 5) is 41.7. The number of benzene rings is 3.